The molecule has 178 valence electrons. The zero-order valence-electron chi connectivity index (χ0n) is 20.3. The molecule has 0 radical (unpaired) electrons. The Balaban J connectivity index is 1.62. The van der Waals surface area contributed by atoms with E-state index in [4.69, 9.17) is 15.2 Å². The first-order chi connectivity index (χ1) is 15.5. The lowest BCUT2D eigenvalue weighted by molar-refractivity contribution is -0.135. The third-order valence-electron chi connectivity index (χ3n) is 7.42. The van der Waals surface area contributed by atoms with E-state index in [1.165, 1.54) is 11.1 Å². The van der Waals surface area contributed by atoms with Crippen molar-refractivity contribution in [3.63, 3.8) is 0 Å². The number of carbonyl (C=O) groups excluding carboxylic acids is 1. The Morgan fingerprint density at radius 2 is 1.82 bits per heavy atom. The van der Waals surface area contributed by atoms with Gasteiger partial charge in [-0.2, -0.15) is 0 Å². The van der Waals surface area contributed by atoms with E-state index in [1.807, 2.05) is 25.1 Å². The number of aliphatic hydroxyl groups is 1. The van der Waals surface area contributed by atoms with Gasteiger partial charge in [-0.1, -0.05) is 37.3 Å². The van der Waals surface area contributed by atoms with Crippen molar-refractivity contribution in [3.05, 3.63) is 59.2 Å². The van der Waals surface area contributed by atoms with E-state index in [0.717, 1.165) is 18.4 Å². The first-order valence-electron chi connectivity index (χ1n) is 11.7. The number of hydrogen-bond acceptors (Lipinski definition) is 5. The third kappa shape index (κ3) is 4.46. The number of aliphatic hydroxyl groups excluding tert-OH is 1. The van der Waals surface area contributed by atoms with Crippen LogP contribution < -0.4 is 15.2 Å². The molecule has 3 atom stereocenters. The van der Waals surface area contributed by atoms with Crippen LogP contribution in [-0.2, 0) is 17.6 Å². The summed E-state index contributed by atoms with van der Waals surface area (Å²) in [5.41, 5.74) is 8.32. The average molecular weight is 453 g/mol. The Hall–Kier alpha value is -2.57. The van der Waals surface area contributed by atoms with Crippen molar-refractivity contribution in [1.82, 2.24) is 4.90 Å². The van der Waals surface area contributed by atoms with Crippen molar-refractivity contribution in [3.8, 4) is 11.5 Å². The maximum Gasteiger partial charge on any atom is 0.242 e. The number of hydrogen-bond donors (Lipinski definition) is 2. The standard InChI is InChI=1S/C27H36N2O4/c1-17(30)27(4)16-29(25(31)26(2,3)28)15-22(27)20-10-11-23(32-5)24(14-20)33-21-12-18-8-6-7-9-19(18)13-21/h6-11,14,17,21-22,30H,12-13,15-16,28H2,1-5H3/t17-,22+,27+/m1/s1. The van der Waals surface area contributed by atoms with Crippen molar-refractivity contribution in [2.45, 2.75) is 64.2 Å². The molecule has 0 unspecified atom stereocenters. The van der Waals surface area contributed by atoms with Gasteiger partial charge in [-0.25, -0.2) is 0 Å². The number of likely N-dealkylation sites (tertiary alicyclic amines) is 1. The van der Waals surface area contributed by atoms with Crippen LogP contribution in [0.25, 0.3) is 0 Å². The Kier molecular flexibility index (Phi) is 6.18. The molecule has 4 rings (SSSR count). The van der Waals surface area contributed by atoms with Crippen LogP contribution in [0.4, 0.5) is 0 Å². The number of benzene rings is 2. The van der Waals surface area contributed by atoms with Crippen molar-refractivity contribution >= 4 is 5.91 Å². The second-order valence-electron chi connectivity index (χ2n) is 10.5. The second-order valence-corrected chi connectivity index (χ2v) is 10.5. The van der Waals surface area contributed by atoms with Gasteiger partial charge in [-0.3, -0.25) is 4.79 Å². The smallest absolute Gasteiger partial charge is 0.242 e. The Morgan fingerprint density at radius 3 is 2.36 bits per heavy atom. The monoisotopic (exact) mass is 452 g/mol. The van der Waals surface area contributed by atoms with Crippen LogP contribution in [0.2, 0.25) is 0 Å². The van der Waals surface area contributed by atoms with E-state index in [0.29, 0.717) is 24.6 Å². The maximum atomic E-state index is 12.9. The van der Waals surface area contributed by atoms with Gasteiger partial charge in [-0.15, -0.1) is 0 Å². The minimum absolute atomic E-state index is 0.0504. The third-order valence-corrected chi connectivity index (χ3v) is 7.42. The molecule has 1 amide bonds. The molecule has 1 fully saturated rings. The SMILES string of the molecule is COc1ccc([C@@H]2CN(C(=O)C(C)(C)N)C[C@@]2(C)[C@@H](C)O)cc1OC1Cc2ccccc2C1. The first-order valence-corrected chi connectivity index (χ1v) is 11.7. The highest BCUT2D eigenvalue weighted by Gasteiger charge is 2.49. The van der Waals surface area contributed by atoms with Crippen LogP contribution in [0.1, 0.15) is 50.3 Å². The molecule has 33 heavy (non-hydrogen) atoms. The summed E-state index contributed by atoms with van der Waals surface area (Å²) >= 11 is 0. The van der Waals surface area contributed by atoms with E-state index in [9.17, 15) is 9.90 Å². The van der Waals surface area contributed by atoms with Crippen molar-refractivity contribution in [2.75, 3.05) is 20.2 Å². The summed E-state index contributed by atoms with van der Waals surface area (Å²) in [5.74, 6) is 1.22. The average Bonchev–Trinajstić information content (AvgIpc) is 3.33. The van der Waals surface area contributed by atoms with Crippen LogP contribution >= 0.6 is 0 Å². The molecule has 2 aromatic rings. The summed E-state index contributed by atoms with van der Waals surface area (Å²) in [5, 5.41) is 10.7. The summed E-state index contributed by atoms with van der Waals surface area (Å²) in [6.07, 6.45) is 1.18. The molecule has 6 nitrogen and oxygen atoms in total. The lowest BCUT2D eigenvalue weighted by Gasteiger charge is -2.34. The molecule has 1 saturated heterocycles. The summed E-state index contributed by atoms with van der Waals surface area (Å²) in [4.78, 5) is 14.7. The van der Waals surface area contributed by atoms with Crippen LogP contribution in [-0.4, -0.2) is 53.9 Å². The molecule has 6 heteroatoms. The number of ether oxygens (including phenoxy) is 2. The summed E-state index contributed by atoms with van der Waals surface area (Å²) in [6.45, 7) is 8.24. The molecule has 0 bridgehead atoms. The fourth-order valence-corrected chi connectivity index (χ4v) is 5.27. The van der Waals surface area contributed by atoms with E-state index >= 15 is 0 Å². The van der Waals surface area contributed by atoms with Crippen molar-refractivity contribution in [2.24, 2.45) is 11.1 Å². The Morgan fingerprint density at radius 1 is 1.18 bits per heavy atom. The number of methoxy groups -OCH3 is 1. The van der Waals surface area contributed by atoms with E-state index in [-0.39, 0.29) is 17.9 Å². The highest BCUT2D eigenvalue weighted by Crippen LogP contribution is 2.47. The molecule has 0 spiro atoms. The fraction of sp³-hybridized carbons (Fsp3) is 0.519. The van der Waals surface area contributed by atoms with Gasteiger partial charge in [0.1, 0.15) is 6.10 Å². The first kappa shape index (κ1) is 23.6. The van der Waals surface area contributed by atoms with Gasteiger partial charge in [0.2, 0.25) is 5.91 Å². The van der Waals surface area contributed by atoms with Crippen LogP contribution in [0, 0.1) is 5.41 Å². The molecule has 0 aromatic heterocycles. The lowest BCUT2D eigenvalue weighted by Crippen LogP contribution is -2.51. The molecule has 2 aliphatic rings. The zero-order valence-corrected chi connectivity index (χ0v) is 20.3. The minimum atomic E-state index is -0.958. The van der Waals surface area contributed by atoms with E-state index < -0.39 is 17.1 Å². The molecule has 1 heterocycles. The van der Waals surface area contributed by atoms with Gasteiger partial charge >= 0.3 is 0 Å². The van der Waals surface area contributed by atoms with Gasteiger partial charge in [0.15, 0.2) is 11.5 Å². The summed E-state index contributed by atoms with van der Waals surface area (Å²) < 4.78 is 12.0. The lowest BCUT2D eigenvalue weighted by atomic mass is 9.72. The van der Waals surface area contributed by atoms with Crippen LogP contribution in [0.3, 0.4) is 0 Å². The summed E-state index contributed by atoms with van der Waals surface area (Å²) in [7, 11) is 1.64. The summed E-state index contributed by atoms with van der Waals surface area (Å²) in [6, 6.07) is 14.4. The van der Waals surface area contributed by atoms with Crippen LogP contribution in [0.15, 0.2) is 42.5 Å². The van der Waals surface area contributed by atoms with Gasteiger partial charge in [0.05, 0.1) is 18.8 Å². The Labute approximate surface area is 196 Å². The largest absolute Gasteiger partial charge is 0.493 e. The van der Waals surface area contributed by atoms with Crippen molar-refractivity contribution in [1.29, 1.82) is 0 Å². The van der Waals surface area contributed by atoms with Gasteiger partial charge in [0.25, 0.3) is 0 Å². The molecule has 3 N–H and O–H groups in total. The maximum absolute atomic E-state index is 12.9. The minimum Gasteiger partial charge on any atom is -0.493 e. The molecular formula is C27H36N2O4. The highest BCUT2D eigenvalue weighted by molar-refractivity contribution is 5.85. The topological polar surface area (TPSA) is 85.0 Å². The quantitative estimate of drug-likeness (QED) is 0.703. The van der Waals surface area contributed by atoms with E-state index in [1.54, 1.807) is 32.8 Å². The predicted octanol–water partition coefficient (Wildman–Crippen LogP) is 3.29. The molecule has 0 saturated carbocycles. The number of carbonyl (C=O) groups is 1. The molecule has 1 aliphatic carbocycles. The highest BCUT2D eigenvalue weighted by atomic mass is 16.5. The number of amides is 1. The number of nitrogens with zero attached hydrogens (tertiary/aromatic N) is 1. The second kappa shape index (κ2) is 8.65. The molecule has 1 aliphatic heterocycles. The van der Waals surface area contributed by atoms with Crippen LogP contribution in [0.5, 0.6) is 11.5 Å². The van der Waals surface area contributed by atoms with Gasteiger partial charge in [0, 0.05) is 37.3 Å². The fourth-order valence-electron chi connectivity index (χ4n) is 5.27. The zero-order chi connectivity index (χ0) is 24.0. The van der Waals surface area contributed by atoms with Gasteiger partial charge in [-0.05, 0) is 49.6 Å². The number of rotatable bonds is 6. The van der Waals surface area contributed by atoms with Crippen molar-refractivity contribution < 1.29 is 19.4 Å². The normalized spacial score (nSPS) is 24.0. The number of nitrogens with two attached hydrogens (primary N) is 1. The Bertz CT molecular complexity index is 1000. The predicted molar refractivity (Wildman–Crippen MR) is 129 cm³/mol. The molecule has 2 aromatic carbocycles. The molecular weight excluding hydrogens is 416 g/mol. The van der Waals surface area contributed by atoms with Gasteiger partial charge < -0.3 is 25.2 Å². The number of fused-ring (bicyclic) bond motifs is 1. The van der Waals surface area contributed by atoms with E-state index in [2.05, 4.69) is 24.3 Å².